The molecule has 1 rings (SSSR count). The fourth-order valence-electron chi connectivity index (χ4n) is 1.23. The van der Waals surface area contributed by atoms with Gasteiger partial charge in [-0.25, -0.2) is 5.10 Å². The molecule has 0 aliphatic carbocycles. The highest BCUT2D eigenvalue weighted by atomic mass is 16.4. The van der Waals surface area contributed by atoms with Crippen LogP contribution in [0.1, 0.15) is 23.3 Å². The van der Waals surface area contributed by atoms with Gasteiger partial charge in [-0.15, -0.1) is 0 Å². The maximum absolute atomic E-state index is 11.7. The van der Waals surface area contributed by atoms with Crippen LogP contribution in [0.25, 0.3) is 0 Å². The first-order chi connectivity index (χ1) is 8.00. The van der Waals surface area contributed by atoms with Gasteiger partial charge in [-0.05, 0) is 12.5 Å². The predicted octanol–water partition coefficient (Wildman–Crippen LogP) is -0.293. The number of aliphatic carboxylic acids is 1. The van der Waals surface area contributed by atoms with Crippen molar-refractivity contribution in [1.29, 1.82) is 0 Å². The summed E-state index contributed by atoms with van der Waals surface area (Å²) in [5.74, 6) is -1.25. The predicted molar refractivity (Wildman–Crippen MR) is 58.7 cm³/mol. The normalized spacial score (nSPS) is 9.94. The smallest absolute Gasteiger partial charge is 0.303 e. The monoisotopic (exact) mass is 239 g/mol. The van der Waals surface area contributed by atoms with E-state index in [1.165, 1.54) is 17.0 Å². The van der Waals surface area contributed by atoms with Gasteiger partial charge in [0, 0.05) is 26.1 Å². The first kappa shape index (κ1) is 12.9. The number of carboxylic acids is 1. The van der Waals surface area contributed by atoms with Crippen LogP contribution >= 0.6 is 0 Å². The van der Waals surface area contributed by atoms with Crippen molar-refractivity contribution < 1.29 is 14.7 Å². The van der Waals surface area contributed by atoms with Crippen molar-refractivity contribution in [2.24, 2.45) is 0 Å². The molecule has 0 radical (unpaired) electrons. The van der Waals surface area contributed by atoms with Crippen LogP contribution in [-0.2, 0) is 4.79 Å². The van der Waals surface area contributed by atoms with E-state index in [-0.39, 0.29) is 23.6 Å². The zero-order chi connectivity index (χ0) is 12.8. The number of carbonyl (C=O) groups excluding carboxylic acids is 1. The van der Waals surface area contributed by atoms with Gasteiger partial charge in [0.15, 0.2) is 0 Å². The van der Waals surface area contributed by atoms with Crippen LogP contribution in [0.4, 0.5) is 0 Å². The number of aromatic amines is 1. The lowest BCUT2D eigenvalue weighted by atomic mass is 10.3. The van der Waals surface area contributed by atoms with Crippen LogP contribution in [-0.4, -0.2) is 45.7 Å². The first-order valence-corrected chi connectivity index (χ1v) is 5.03. The minimum Gasteiger partial charge on any atom is -0.481 e. The zero-order valence-electron chi connectivity index (χ0n) is 9.34. The Labute approximate surface area is 97.1 Å². The second-order valence-corrected chi connectivity index (χ2v) is 3.53. The number of rotatable bonds is 5. The van der Waals surface area contributed by atoms with Gasteiger partial charge in [-0.1, -0.05) is 0 Å². The third-order valence-corrected chi connectivity index (χ3v) is 2.13. The number of carboxylic acid groups (broad SMARTS) is 1. The molecule has 1 aromatic rings. The molecule has 0 aliphatic heterocycles. The molecule has 0 saturated heterocycles. The Morgan fingerprint density at radius 1 is 1.47 bits per heavy atom. The van der Waals surface area contributed by atoms with Crippen molar-refractivity contribution in [3.05, 3.63) is 28.2 Å². The summed E-state index contributed by atoms with van der Waals surface area (Å²) in [6, 6.07) is 2.54. The molecule has 17 heavy (non-hydrogen) atoms. The fraction of sp³-hybridized carbons (Fsp3) is 0.400. The van der Waals surface area contributed by atoms with Gasteiger partial charge in [0.25, 0.3) is 11.5 Å². The van der Waals surface area contributed by atoms with Gasteiger partial charge in [0.2, 0.25) is 0 Å². The Balaban J connectivity index is 2.54. The first-order valence-electron chi connectivity index (χ1n) is 5.03. The van der Waals surface area contributed by atoms with E-state index in [9.17, 15) is 14.4 Å². The number of hydrogen-bond acceptors (Lipinski definition) is 4. The summed E-state index contributed by atoms with van der Waals surface area (Å²) in [7, 11) is 1.55. The highest BCUT2D eigenvalue weighted by Gasteiger charge is 2.13. The maximum atomic E-state index is 11.7. The Hall–Kier alpha value is -2.18. The second kappa shape index (κ2) is 5.78. The molecule has 0 bridgehead atoms. The molecular formula is C10H13N3O4. The van der Waals surface area contributed by atoms with Crippen molar-refractivity contribution in [3.63, 3.8) is 0 Å². The Morgan fingerprint density at radius 3 is 2.71 bits per heavy atom. The SMILES string of the molecule is CN(CCCC(=O)O)C(=O)c1ccc(=O)[nH]n1. The molecule has 0 aromatic carbocycles. The number of H-pyrrole nitrogens is 1. The molecule has 1 heterocycles. The van der Waals surface area contributed by atoms with E-state index < -0.39 is 5.97 Å². The summed E-state index contributed by atoms with van der Waals surface area (Å²) in [6.45, 7) is 0.325. The van der Waals surface area contributed by atoms with Gasteiger partial charge in [-0.2, -0.15) is 5.10 Å². The molecule has 0 spiro atoms. The number of amides is 1. The topological polar surface area (TPSA) is 103 Å². The summed E-state index contributed by atoms with van der Waals surface area (Å²) < 4.78 is 0. The maximum Gasteiger partial charge on any atom is 0.303 e. The highest BCUT2D eigenvalue weighted by Crippen LogP contribution is 1.99. The Kier molecular flexibility index (Phi) is 4.38. The Bertz CT molecular complexity index is 448. The molecule has 7 heteroatoms. The van der Waals surface area contributed by atoms with E-state index >= 15 is 0 Å². The number of aromatic nitrogens is 2. The molecule has 0 fully saturated rings. The van der Waals surface area contributed by atoms with Gasteiger partial charge in [0.05, 0.1) is 0 Å². The molecule has 7 nitrogen and oxygen atoms in total. The quantitative estimate of drug-likeness (QED) is 0.734. The van der Waals surface area contributed by atoms with Gasteiger partial charge in [-0.3, -0.25) is 14.4 Å². The van der Waals surface area contributed by atoms with Crippen molar-refractivity contribution in [2.45, 2.75) is 12.8 Å². The lowest BCUT2D eigenvalue weighted by Gasteiger charge is -2.15. The van der Waals surface area contributed by atoms with Crippen LogP contribution < -0.4 is 5.56 Å². The highest BCUT2D eigenvalue weighted by molar-refractivity contribution is 5.91. The largest absolute Gasteiger partial charge is 0.481 e. The van der Waals surface area contributed by atoms with E-state index in [0.29, 0.717) is 13.0 Å². The fourth-order valence-corrected chi connectivity index (χ4v) is 1.23. The van der Waals surface area contributed by atoms with Crippen LogP contribution in [0.2, 0.25) is 0 Å². The third kappa shape index (κ3) is 4.06. The van der Waals surface area contributed by atoms with Crippen LogP contribution in [0.15, 0.2) is 16.9 Å². The van der Waals surface area contributed by atoms with Crippen LogP contribution in [0.5, 0.6) is 0 Å². The molecule has 92 valence electrons. The molecule has 2 N–H and O–H groups in total. The summed E-state index contributed by atoms with van der Waals surface area (Å²) in [5.41, 5.74) is -0.252. The number of nitrogens with one attached hydrogen (secondary N) is 1. The lowest BCUT2D eigenvalue weighted by Crippen LogP contribution is -2.29. The van der Waals surface area contributed by atoms with Crippen molar-refractivity contribution in [1.82, 2.24) is 15.1 Å². The van der Waals surface area contributed by atoms with Crippen LogP contribution in [0.3, 0.4) is 0 Å². The summed E-state index contributed by atoms with van der Waals surface area (Å²) >= 11 is 0. The number of carbonyl (C=O) groups is 2. The average Bonchev–Trinajstić information content (AvgIpc) is 2.28. The second-order valence-electron chi connectivity index (χ2n) is 3.53. The molecule has 1 amide bonds. The van der Waals surface area contributed by atoms with Crippen molar-refractivity contribution in [2.75, 3.05) is 13.6 Å². The third-order valence-electron chi connectivity index (χ3n) is 2.13. The van der Waals surface area contributed by atoms with Crippen molar-refractivity contribution >= 4 is 11.9 Å². The summed E-state index contributed by atoms with van der Waals surface area (Å²) in [6.07, 6.45) is 0.387. The molecule has 0 saturated carbocycles. The zero-order valence-corrected chi connectivity index (χ0v) is 9.34. The molecule has 0 aliphatic rings. The molecule has 1 aromatic heterocycles. The standard InChI is InChI=1S/C10H13N3O4/c1-13(6-2-3-9(15)16)10(17)7-4-5-8(14)12-11-7/h4-5H,2-3,6H2,1H3,(H,12,14)(H,15,16). The van der Waals surface area contributed by atoms with Crippen LogP contribution in [0, 0.1) is 0 Å². The average molecular weight is 239 g/mol. The van der Waals surface area contributed by atoms with E-state index in [1.807, 2.05) is 0 Å². The summed E-state index contributed by atoms with van der Waals surface area (Å²) in [4.78, 5) is 34.1. The van der Waals surface area contributed by atoms with E-state index in [0.717, 1.165) is 0 Å². The Morgan fingerprint density at radius 2 is 2.18 bits per heavy atom. The lowest BCUT2D eigenvalue weighted by molar-refractivity contribution is -0.137. The van der Waals surface area contributed by atoms with E-state index in [1.54, 1.807) is 7.05 Å². The van der Waals surface area contributed by atoms with Crippen molar-refractivity contribution in [3.8, 4) is 0 Å². The van der Waals surface area contributed by atoms with Gasteiger partial charge < -0.3 is 10.0 Å². The summed E-state index contributed by atoms with van der Waals surface area (Å²) in [5, 5.41) is 14.2. The molecule has 0 unspecified atom stereocenters. The van der Waals surface area contributed by atoms with Gasteiger partial charge >= 0.3 is 5.97 Å². The van der Waals surface area contributed by atoms with E-state index in [4.69, 9.17) is 5.11 Å². The van der Waals surface area contributed by atoms with Gasteiger partial charge in [0.1, 0.15) is 5.69 Å². The minimum absolute atomic E-state index is 0.0106. The molecule has 0 atom stereocenters. The number of hydrogen-bond donors (Lipinski definition) is 2. The molecular weight excluding hydrogens is 226 g/mol. The number of nitrogens with zero attached hydrogens (tertiary/aromatic N) is 2. The minimum atomic E-state index is -0.895. The van der Waals surface area contributed by atoms with E-state index in [2.05, 4.69) is 10.2 Å².